The molecule has 1 aromatic rings. The SMILES string of the molecule is CCCN(C(=O)C(CCSC)NC(=O)OC(C)(C)C)C(C(=O)NC(C)C)c1cc(C)ccc1C. The van der Waals surface area contributed by atoms with Gasteiger partial charge in [0.15, 0.2) is 0 Å². The van der Waals surface area contributed by atoms with E-state index in [9.17, 15) is 14.4 Å². The Hall–Kier alpha value is -2.22. The monoisotopic (exact) mass is 493 g/mol. The maximum atomic E-state index is 13.9. The van der Waals surface area contributed by atoms with Gasteiger partial charge in [-0.25, -0.2) is 4.79 Å². The second-order valence-corrected chi connectivity index (χ2v) is 10.9. The number of nitrogens with one attached hydrogen (secondary N) is 2. The maximum Gasteiger partial charge on any atom is 0.408 e. The zero-order chi connectivity index (χ0) is 26.1. The number of carbonyl (C=O) groups is 3. The number of alkyl carbamates (subject to hydrolysis) is 1. The molecule has 3 amide bonds. The summed E-state index contributed by atoms with van der Waals surface area (Å²) in [6.07, 6.45) is 2.42. The van der Waals surface area contributed by atoms with Gasteiger partial charge in [0, 0.05) is 12.6 Å². The molecule has 2 atom stereocenters. The predicted molar refractivity (Wildman–Crippen MR) is 140 cm³/mol. The third-order valence-electron chi connectivity index (χ3n) is 5.07. The molecule has 2 unspecified atom stereocenters. The first-order valence-electron chi connectivity index (χ1n) is 12.0. The Labute approximate surface area is 209 Å². The lowest BCUT2D eigenvalue weighted by molar-refractivity contribution is -0.142. The van der Waals surface area contributed by atoms with Crippen LogP contribution in [0.4, 0.5) is 4.79 Å². The van der Waals surface area contributed by atoms with Crippen molar-refractivity contribution in [1.29, 1.82) is 0 Å². The lowest BCUT2D eigenvalue weighted by Gasteiger charge is -2.35. The molecule has 192 valence electrons. The fourth-order valence-electron chi connectivity index (χ4n) is 3.62. The summed E-state index contributed by atoms with van der Waals surface area (Å²) in [4.78, 5) is 41.5. The standard InChI is InChI=1S/C26H43N3O4S/c1-10-14-29(24(31)21(13-15-34-9)28-25(32)33-26(6,7)8)22(23(30)27-17(2)3)20-16-18(4)11-12-19(20)5/h11-12,16-17,21-22H,10,13-15H2,1-9H3,(H,27,30)(H,28,32). The van der Waals surface area contributed by atoms with Crippen LogP contribution in [0.1, 0.15) is 77.1 Å². The normalized spacial score (nSPS) is 13.2. The van der Waals surface area contributed by atoms with Gasteiger partial charge >= 0.3 is 6.09 Å². The van der Waals surface area contributed by atoms with Crippen molar-refractivity contribution in [2.45, 2.75) is 92.0 Å². The summed E-state index contributed by atoms with van der Waals surface area (Å²) in [6, 6.07) is 4.26. The molecule has 0 bridgehead atoms. The molecule has 0 saturated carbocycles. The van der Waals surface area contributed by atoms with Crippen molar-refractivity contribution in [1.82, 2.24) is 15.5 Å². The van der Waals surface area contributed by atoms with Crippen LogP contribution in [0.15, 0.2) is 18.2 Å². The average molecular weight is 494 g/mol. The van der Waals surface area contributed by atoms with Gasteiger partial charge in [-0.3, -0.25) is 9.59 Å². The van der Waals surface area contributed by atoms with E-state index in [2.05, 4.69) is 10.6 Å². The summed E-state index contributed by atoms with van der Waals surface area (Å²) in [5.74, 6) is 0.163. The number of thioether (sulfide) groups is 1. The minimum Gasteiger partial charge on any atom is -0.444 e. The molecule has 34 heavy (non-hydrogen) atoms. The van der Waals surface area contributed by atoms with Crippen LogP contribution in [0.3, 0.4) is 0 Å². The lowest BCUT2D eigenvalue weighted by Crippen LogP contribution is -2.54. The lowest BCUT2D eigenvalue weighted by atomic mass is 9.95. The molecule has 0 heterocycles. The number of hydrogen-bond acceptors (Lipinski definition) is 5. The van der Waals surface area contributed by atoms with Crippen LogP contribution in [0, 0.1) is 13.8 Å². The average Bonchev–Trinajstić information content (AvgIpc) is 2.70. The van der Waals surface area contributed by atoms with Crippen LogP contribution >= 0.6 is 11.8 Å². The van der Waals surface area contributed by atoms with Crippen LogP contribution < -0.4 is 10.6 Å². The van der Waals surface area contributed by atoms with E-state index < -0.39 is 23.8 Å². The van der Waals surface area contributed by atoms with Crippen molar-refractivity contribution in [3.63, 3.8) is 0 Å². The quantitative estimate of drug-likeness (QED) is 0.464. The highest BCUT2D eigenvalue weighted by atomic mass is 32.2. The van der Waals surface area contributed by atoms with E-state index in [1.54, 1.807) is 37.4 Å². The molecule has 2 N–H and O–H groups in total. The van der Waals surface area contributed by atoms with Gasteiger partial charge < -0.3 is 20.3 Å². The third kappa shape index (κ3) is 9.57. The van der Waals surface area contributed by atoms with Gasteiger partial charge in [-0.2, -0.15) is 11.8 Å². The van der Waals surface area contributed by atoms with Crippen LogP contribution in [0.5, 0.6) is 0 Å². The van der Waals surface area contributed by atoms with Crippen LogP contribution in [-0.2, 0) is 14.3 Å². The number of rotatable bonds is 11. The molecule has 1 rings (SSSR count). The molecule has 7 nitrogen and oxygen atoms in total. The van der Waals surface area contributed by atoms with E-state index in [1.807, 2.05) is 59.1 Å². The number of carbonyl (C=O) groups excluding carboxylic acids is 3. The van der Waals surface area contributed by atoms with E-state index >= 15 is 0 Å². The molecule has 0 aliphatic heterocycles. The Kier molecular flexibility index (Phi) is 11.9. The Morgan fingerprint density at radius 3 is 2.29 bits per heavy atom. The van der Waals surface area contributed by atoms with E-state index in [0.717, 1.165) is 16.7 Å². The topological polar surface area (TPSA) is 87.7 Å². The number of benzene rings is 1. The van der Waals surface area contributed by atoms with Crippen molar-refractivity contribution in [2.24, 2.45) is 0 Å². The minimum atomic E-state index is -0.799. The van der Waals surface area contributed by atoms with Crippen molar-refractivity contribution < 1.29 is 19.1 Å². The van der Waals surface area contributed by atoms with Gasteiger partial charge in [0.2, 0.25) is 11.8 Å². The molecule has 0 aromatic heterocycles. The molecular formula is C26H43N3O4S. The second kappa shape index (κ2) is 13.6. The highest BCUT2D eigenvalue weighted by Crippen LogP contribution is 2.27. The fraction of sp³-hybridized carbons (Fsp3) is 0.654. The molecule has 0 spiro atoms. The highest BCUT2D eigenvalue weighted by Gasteiger charge is 2.36. The van der Waals surface area contributed by atoms with E-state index in [4.69, 9.17) is 4.74 Å². The van der Waals surface area contributed by atoms with Gasteiger partial charge in [-0.1, -0.05) is 30.7 Å². The first kappa shape index (κ1) is 29.8. The Morgan fingerprint density at radius 1 is 1.12 bits per heavy atom. The number of hydrogen-bond donors (Lipinski definition) is 2. The molecule has 0 aliphatic rings. The van der Waals surface area contributed by atoms with Crippen molar-refractivity contribution in [2.75, 3.05) is 18.6 Å². The number of ether oxygens (including phenoxy) is 1. The maximum absolute atomic E-state index is 13.9. The fourth-order valence-corrected chi connectivity index (χ4v) is 4.09. The summed E-state index contributed by atoms with van der Waals surface area (Å²) in [5.41, 5.74) is 2.06. The zero-order valence-corrected chi connectivity index (χ0v) is 23.1. The van der Waals surface area contributed by atoms with Crippen molar-refractivity contribution in [3.8, 4) is 0 Å². The minimum absolute atomic E-state index is 0.0779. The number of nitrogens with zero attached hydrogens (tertiary/aromatic N) is 1. The van der Waals surface area contributed by atoms with Crippen molar-refractivity contribution >= 4 is 29.7 Å². The first-order chi connectivity index (χ1) is 15.8. The van der Waals surface area contributed by atoms with Gasteiger partial charge in [0.25, 0.3) is 0 Å². The van der Waals surface area contributed by atoms with Gasteiger partial charge in [-0.05, 0) is 84.4 Å². The smallest absolute Gasteiger partial charge is 0.408 e. The molecule has 1 aromatic carbocycles. The largest absolute Gasteiger partial charge is 0.444 e. The van der Waals surface area contributed by atoms with E-state index in [0.29, 0.717) is 25.1 Å². The molecule has 0 fully saturated rings. The van der Waals surface area contributed by atoms with Gasteiger partial charge in [-0.15, -0.1) is 0 Å². The highest BCUT2D eigenvalue weighted by molar-refractivity contribution is 7.98. The van der Waals surface area contributed by atoms with Crippen molar-refractivity contribution in [3.05, 3.63) is 34.9 Å². The Morgan fingerprint density at radius 2 is 1.76 bits per heavy atom. The number of amides is 3. The zero-order valence-electron chi connectivity index (χ0n) is 22.3. The third-order valence-corrected chi connectivity index (χ3v) is 5.71. The molecule has 8 heteroatoms. The van der Waals surface area contributed by atoms with E-state index in [1.165, 1.54) is 0 Å². The Balaban J connectivity index is 3.46. The second-order valence-electron chi connectivity index (χ2n) is 9.94. The summed E-state index contributed by atoms with van der Waals surface area (Å²) in [6.45, 7) is 15.4. The molecular weight excluding hydrogens is 450 g/mol. The summed E-state index contributed by atoms with van der Waals surface area (Å²) in [7, 11) is 0. The first-order valence-corrected chi connectivity index (χ1v) is 13.4. The molecule has 0 radical (unpaired) electrons. The van der Waals surface area contributed by atoms with Gasteiger partial charge in [0.05, 0.1) is 0 Å². The summed E-state index contributed by atoms with van der Waals surface area (Å²) in [5, 5.41) is 5.75. The van der Waals surface area contributed by atoms with Crippen LogP contribution in [0.25, 0.3) is 0 Å². The molecule has 0 aliphatic carbocycles. The van der Waals surface area contributed by atoms with E-state index in [-0.39, 0.29) is 17.9 Å². The summed E-state index contributed by atoms with van der Waals surface area (Å²) >= 11 is 1.59. The van der Waals surface area contributed by atoms with Crippen LogP contribution in [-0.4, -0.2) is 59.0 Å². The number of aryl methyl sites for hydroxylation is 2. The predicted octanol–water partition coefficient (Wildman–Crippen LogP) is 4.75. The Bertz CT molecular complexity index is 836. The van der Waals surface area contributed by atoms with Crippen LogP contribution in [0.2, 0.25) is 0 Å². The van der Waals surface area contributed by atoms with Gasteiger partial charge in [0.1, 0.15) is 17.7 Å². The summed E-state index contributed by atoms with van der Waals surface area (Å²) < 4.78 is 5.41. The molecule has 0 saturated heterocycles.